The number of piperazine rings is 1. The molecule has 1 aliphatic heterocycles. The van der Waals surface area contributed by atoms with Crippen LogP contribution in [0.15, 0.2) is 18.3 Å². The third kappa shape index (κ3) is 3.35. The van der Waals surface area contributed by atoms with Gasteiger partial charge in [0.1, 0.15) is 5.82 Å². The number of nitrogens with zero attached hydrogens (tertiary/aromatic N) is 3. The van der Waals surface area contributed by atoms with Crippen LogP contribution < -0.4 is 10.6 Å². The molecule has 0 saturated carbocycles. The second-order valence-electron chi connectivity index (χ2n) is 5.25. The molecule has 1 aromatic heterocycles. The van der Waals surface area contributed by atoms with Gasteiger partial charge in [-0.15, -0.1) is 0 Å². The molecule has 1 fully saturated rings. The molecule has 4 heteroatoms. The molecular formula is C14H24N4. The second kappa shape index (κ2) is 6.05. The van der Waals surface area contributed by atoms with E-state index in [1.54, 1.807) is 6.20 Å². The van der Waals surface area contributed by atoms with Crippen molar-refractivity contribution >= 4 is 11.5 Å². The predicted molar refractivity (Wildman–Crippen MR) is 76.8 cm³/mol. The Balaban J connectivity index is 1.84. The molecule has 0 bridgehead atoms. The Hall–Kier alpha value is -1.29. The summed E-state index contributed by atoms with van der Waals surface area (Å²) < 4.78 is 0. The van der Waals surface area contributed by atoms with Gasteiger partial charge in [-0.2, -0.15) is 0 Å². The Bertz CT molecular complexity index is 355. The summed E-state index contributed by atoms with van der Waals surface area (Å²) in [7, 11) is 0. The lowest BCUT2D eigenvalue weighted by Gasteiger charge is -2.36. The first-order valence-electron chi connectivity index (χ1n) is 6.88. The van der Waals surface area contributed by atoms with Crippen LogP contribution >= 0.6 is 0 Å². The van der Waals surface area contributed by atoms with E-state index in [0.29, 0.717) is 0 Å². The lowest BCUT2D eigenvalue weighted by Crippen LogP contribution is -2.47. The van der Waals surface area contributed by atoms with Crippen LogP contribution in [0, 0.1) is 5.92 Å². The molecular weight excluding hydrogens is 224 g/mol. The molecule has 2 rings (SSSR count). The van der Waals surface area contributed by atoms with Crippen LogP contribution in [0.1, 0.15) is 20.3 Å². The molecule has 18 heavy (non-hydrogen) atoms. The van der Waals surface area contributed by atoms with Crippen LogP contribution in [0.25, 0.3) is 0 Å². The van der Waals surface area contributed by atoms with E-state index >= 15 is 0 Å². The van der Waals surface area contributed by atoms with Gasteiger partial charge in [0.25, 0.3) is 0 Å². The minimum absolute atomic E-state index is 0.731. The summed E-state index contributed by atoms with van der Waals surface area (Å²) in [4.78, 5) is 9.28. The van der Waals surface area contributed by atoms with Crippen molar-refractivity contribution in [1.82, 2.24) is 9.88 Å². The summed E-state index contributed by atoms with van der Waals surface area (Å²) in [5.74, 6) is 1.85. The van der Waals surface area contributed by atoms with E-state index in [1.807, 2.05) is 12.1 Å². The maximum Gasteiger partial charge on any atom is 0.128 e. The molecule has 2 N–H and O–H groups in total. The van der Waals surface area contributed by atoms with Crippen molar-refractivity contribution in [3.8, 4) is 0 Å². The molecule has 1 atom stereocenters. The molecule has 1 aliphatic rings. The molecule has 1 unspecified atom stereocenters. The van der Waals surface area contributed by atoms with Gasteiger partial charge in [0.15, 0.2) is 0 Å². The average molecular weight is 248 g/mol. The van der Waals surface area contributed by atoms with E-state index in [2.05, 4.69) is 28.6 Å². The molecule has 4 nitrogen and oxygen atoms in total. The standard InChI is InChI=1S/C14H24N4/c1-3-12(2)11-17-6-8-18(9-7-17)14-5-4-13(15)10-16-14/h4-5,10,12H,3,6-9,11,15H2,1-2H3. The van der Waals surface area contributed by atoms with Crippen molar-refractivity contribution < 1.29 is 0 Å². The van der Waals surface area contributed by atoms with Crippen LogP contribution in [0.3, 0.4) is 0 Å². The third-order valence-electron chi connectivity index (χ3n) is 3.73. The molecule has 0 amide bonds. The lowest BCUT2D eigenvalue weighted by atomic mass is 10.1. The summed E-state index contributed by atoms with van der Waals surface area (Å²) in [5, 5.41) is 0. The monoisotopic (exact) mass is 248 g/mol. The van der Waals surface area contributed by atoms with Crippen molar-refractivity contribution in [3.63, 3.8) is 0 Å². The summed E-state index contributed by atoms with van der Waals surface area (Å²) in [6.07, 6.45) is 3.00. The maximum absolute atomic E-state index is 5.66. The number of hydrogen-bond donors (Lipinski definition) is 1. The van der Waals surface area contributed by atoms with Gasteiger partial charge in [-0.3, -0.25) is 4.90 Å². The minimum atomic E-state index is 0.731. The third-order valence-corrected chi connectivity index (χ3v) is 3.73. The maximum atomic E-state index is 5.66. The van der Waals surface area contributed by atoms with Crippen LogP contribution in [0.2, 0.25) is 0 Å². The molecule has 2 heterocycles. The number of nitrogen functional groups attached to an aromatic ring is 1. The zero-order valence-corrected chi connectivity index (χ0v) is 11.5. The molecule has 100 valence electrons. The van der Waals surface area contributed by atoms with Crippen LogP contribution in [-0.2, 0) is 0 Å². The summed E-state index contributed by atoms with van der Waals surface area (Å²) in [6, 6.07) is 3.94. The topological polar surface area (TPSA) is 45.4 Å². The highest BCUT2D eigenvalue weighted by atomic mass is 15.3. The number of nitrogens with two attached hydrogens (primary N) is 1. The number of aromatic nitrogens is 1. The molecule has 0 spiro atoms. The number of anilines is 2. The van der Waals surface area contributed by atoms with Crippen molar-refractivity contribution in [2.45, 2.75) is 20.3 Å². The predicted octanol–water partition coefficient (Wildman–Crippen LogP) is 1.83. The largest absolute Gasteiger partial charge is 0.397 e. The molecule has 0 aliphatic carbocycles. The van der Waals surface area contributed by atoms with Crippen molar-refractivity contribution in [1.29, 1.82) is 0 Å². The zero-order valence-electron chi connectivity index (χ0n) is 11.5. The highest BCUT2D eigenvalue weighted by Gasteiger charge is 2.18. The zero-order chi connectivity index (χ0) is 13.0. The van der Waals surface area contributed by atoms with Gasteiger partial charge in [0.2, 0.25) is 0 Å². The summed E-state index contributed by atoms with van der Waals surface area (Å²) in [5.41, 5.74) is 6.39. The number of hydrogen-bond acceptors (Lipinski definition) is 4. The van der Waals surface area contributed by atoms with Crippen molar-refractivity contribution in [2.24, 2.45) is 5.92 Å². The van der Waals surface area contributed by atoms with Gasteiger partial charge < -0.3 is 10.6 Å². The van der Waals surface area contributed by atoms with E-state index in [-0.39, 0.29) is 0 Å². The summed E-state index contributed by atoms with van der Waals surface area (Å²) >= 11 is 0. The van der Waals surface area contributed by atoms with Crippen LogP contribution in [0.4, 0.5) is 11.5 Å². The normalized spacial score (nSPS) is 18.9. The van der Waals surface area contributed by atoms with Crippen LogP contribution in [-0.4, -0.2) is 42.6 Å². The van der Waals surface area contributed by atoms with Gasteiger partial charge in [-0.1, -0.05) is 20.3 Å². The quantitative estimate of drug-likeness (QED) is 0.883. The Morgan fingerprint density at radius 1 is 1.28 bits per heavy atom. The average Bonchev–Trinajstić information content (AvgIpc) is 2.40. The minimum Gasteiger partial charge on any atom is -0.397 e. The molecule has 0 radical (unpaired) electrons. The van der Waals surface area contributed by atoms with E-state index in [4.69, 9.17) is 5.73 Å². The highest BCUT2D eigenvalue weighted by molar-refractivity contribution is 5.46. The number of rotatable bonds is 4. The van der Waals surface area contributed by atoms with E-state index in [1.165, 1.54) is 13.0 Å². The van der Waals surface area contributed by atoms with Crippen LogP contribution in [0.5, 0.6) is 0 Å². The molecule has 0 aromatic carbocycles. The van der Waals surface area contributed by atoms with Crippen molar-refractivity contribution in [3.05, 3.63) is 18.3 Å². The fourth-order valence-corrected chi connectivity index (χ4v) is 2.31. The lowest BCUT2D eigenvalue weighted by molar-refractivity contribution is 0.222. The van der Waals surface area contributed by atoms with Gasteiger partial charge in [-0.05, 0) is 18.1 Å². The smallest absolute Gasteiger partial charge is 0.128 e. The fraction of sp³-hybridized carbons (Fsp3) is 0.643. The van der Waals surface area contributed by atoms with Crippen molar-refractivity contribution in [2.75, 3.05) is 43.4 Å². The first kappa shape index (κ1) is 13.1. The SMILES string of the molecule is CCC(C)CN1CCN(c2ccc(N)cn2)CC1. The second-order valence-corrected chi connectivity index (χ2v) is 5.25. The Labute approximate surface area is 110 Å². The Morgan fingerprint density at radius 2 is 2.00 bits per heavy atom. The Morgan fingerprint density at radius 3 is 2.56 bits per heavy atom. The fourth-order valence-electron chi connectivity index (χ4n) is 2.31. The summed E-state index contributed by atoms with van der Waals surface area (Å²) in [6.45, 7) is 10.2. The van der Waals surface area contributed by atoms with Gasteiger partial charge in [0, 0.05) is 32.7 Å². The molecule has 1 saturated heterocycles. The first-order valence-corrected chi connectivity index (χ1v) is 6.88. The van der Waals surface area contributed by atoms with Gasteiger partial charge >= 0.3 is 0 Å². The van der Waals surface area contributed by atoms with E-state index < -0.39 is 0 Å². The highest BCUT2D eigenvalue weighted by Crippen LogP contribution is 2.15. The van der Waals surface area contributed by atoms with Gasteiger partial charge in [-0.25, -0.2) is 4.98 Å². The van der Waals surface area contributed by atoms with E-state index in [0.717, 1.165) is 43.6 Å². The molecule has 1 aromatic rings. The van der Waals surface area contributed by atoms with E-state index in [9.17, 15) is 0 Å². The van der Waals surface area contributed by atoms with Gasteiger partial charge in [0.05, 0.1) is 11.9 Å². The Kier molecular flexibility index (Phi) is 4.42. The first-order chi connectivity index (χ1) is 8.69. The number of pyridine rings is 1.